The lowest BCUT2D eigenvalue weighted by atomic mass is 9.95. The van der Waals surface area contributed by atoms with Gasteiger partial charge in [-0.05, 0) is 48.9 Å². The van der Waals surface area contributed by atoms with E-state index in [0.717, 1.165) is 11.2 Å². The highest BCUT2D eigenvalue weighted by molar-refractivity contribution is 6.30. The van der Waals surface area contributed by atoms with E-state index >= 15 is 0 Å². The van der Waals surface area contributed by atoms with E-state index in [1.807, 2.05) is 13.0 Å². The summed E-state index contributed by atoms with van der Waals surface area (Å²) >= 11 is 5.94. The number of H-pyrrole nitrogens is 1. The van der Waals surface area contributed by atoms with E-state index < -0.39 is 5.91 Å². The molecule has 0 atom stereocenters. The molecule has 0 fully saturated rings. The smallest absolute Gasteiger partial charge is 0.248 e. The van der Waals surface area contributed by atoms with Gasteiger partial charge < -0.3 is 14.8 Å². The lowest BCUT2D eigenvalue weighted by molar-refractivity contribution is -0.133. The number of fused-ring (bicyclic) bond motifs is 1. The van der Waals surface area contributed by atoms with Gasteiger partial charge in [-0.3, -0.25) is 14.4 Å². The molecule has 1 aromatic heterocycles. The van der Waals surface area contributed by atoms with E-state index in [-0.39, 0.29) is 25.4 Å². The molecule has 0 aliphatic heterocycles. The quantitative estimate of drug-likeness (QED) is 0.298. The number of aromatic nitrogens is 1. The molecule has 0 bridgehead atoms. The maximum absolute atomic E-state index is 13.3. The van der Waals surface area contributed by atoms with Gasteiger partial charge in [0.1, 0.15) is 5.75 Å². The second-order valence-electron chi connectivity index (χ2n) is 6.40. The van der Waals surface area contributed by atoms with Crippen molar-refractivity contribution in [1.29, 1.82) is 0 Å². The van der Waals surface area contributed by atoms with Gasteiger partial charge in [0.15, 0.2) is 5.78 Å². The summed E-state index contributed by atoms with van der Waals surface area (Å²) in [4.78, 5) is 33.7. The number of hydrogen-bond acceptors (Lipinski definition) is 5. The third kappa shape index (κ3) is 4.42. The first-order valence-corrected chi connectivity index (χ1v) is 9.34. The minimum absolute atomic E-state index is 0.00721. The molecule has 0 aliphatic carbocycles. The first-order chi connectivity index (χ1) is 14.0. The molecule has 29 heavy (non-hydrogen) atoms. The lowest BCUT2D eigenvalue weighted by Crippen LogP contribution is -2.26. The van der Waals surface area contributed by atoms with Crippen molar-refractivity contribution in [3.8, 4) is 5.75 Å². The fraction of sp³-hybridized carbons (Fsp3) is 0.238. The largest absolute Gasteiger partial charge is 0.496 e. The number of aryl methyl sites for hydroxylation is 1. The number of amides is 1. The van der Waals surface area contributed by atoms with Crippen molar-refractivity contribution >= 4 is 34.2 Å². The minimum atomic E-state index is -0.393. The van der Waals surface area contributed by atoms with Gasteiger partial charge in [-0.1, -0.05) is 11.6 Å². The van der Waals surface area contributed by atoms with Gasteiger partial charge in [0, 0.05) is 27.2 Å². The average Bonchev–Trinajstić information content (AvgIpc) is 3.02. The number of carbonyl (C=O) groups excluding carboxylic acids is 2. The Bertz CT molecular complexity index is 1040. The van der Waals surface area contributed by atoms with Crippen molar-refractivity contribution in [3.63, 3.8) is 0 Å². The predicted molar refractivity (Wildman–Crippen MR) is 109 cm³/mol. The number of halogens is 1. The number of ketones is 1. The molecule has 152 valence electrons. The first kappa shape index (κ1) is 20.9. The van der Waals surface area contributed by atoms with Gasteiger partial charge in [0.2, 0.25) is 5.91 Å². The zero-order valence-electron chi connectivity index (χ0n) is 16.0. The summed E-state index contributed by atoms with van der Waals surface area (Å²) in [5.41, 5.74) is 5.27. The molecule has 0 saturated heterocycles. The van der Waals surface area contributed by atoms with E-state index in [0.29, 0.717) is 32.8 Å². The summed E-state index contributed by atoms with van der Waals surface area (Å²) in [6.45, 7) is 1.62. The molecule has 1 heterocycles. The molecule has 3 rings (SSSR count). The van der Waals surface area contributed by atoms with Gasteiger partial charge in [0.05, 0.1) is 32.3 Å². The average molecular weight is 417 g/mol. The van der Waals surface area contributed by atoms with Crippen LogP contribution in [0.3, 0.4) is 0 Å². The van der Waals surface area contributed by atoms with Crippen molar-refractivity contribution in [2.75, 3.05) is 20.3 Å². The highest BCUT2D eigenvalue weighted by Gasteiger charge is 2.23. The maximum Gasteiger partial charge on any atom is 0.248 e. The van der Waals surface area contributed by atoms with E-state index in [2.05, 4.69) is 10.5 Å². The van der Waals surface area contributed by atoms with E-state index in [1.54, 1.807) is 30.3 Å². The van der Waals surface area contributed by atoms with Crippen LogP contribution in [-0.4, -0.2) is 42.1 Å². The van der Waals surface area contributed by atoms with Gasteiger partial charge in [-0.2, -0.15) is 0 Å². The van der Waals surface area contributed by atoms with Crippen LogP contribution in [-0.2, 0) is 16.1 Å². The second kappa shape index (κ2) is 9.09. The number of hydrogen-bond donors (Lipinski definition) is 3. The molecule has 0 aliphatic rings. The number of rotatable bonds is 8. The highest BCUT2D eigenvalue weighted by atomic mass is 35.5. The van der Waals surface area contributed by atoms with Crippen molar-refractivity contribution < 1.29 is 24.3 Å². The molecule has 3 aromatic rings. The Morgan fingerprint density at radius 1 is 1.17 bits per heavy atom. The molecule has 0 saturated carbocycles. The zero-order chi connectivity index (χ0) is 21.0. The molecule has 3 N–H and O–H groups in total. The predicted octanol–water partition coefficient (Wildman–Crippen LogP) is 2.95. The van der Waals surface area contributed by atoms with E-state index in [1.165, 1.54) is 7.11 Å². The van der Waals surface area contributed by atoms with Crippen LogP contribution >= 0.6 is 11.6 Å². The molecule has 8 heteroatoms. The molecular formula is C21H21ClN2O5. The number of benzene rings is 2. The number of aliphatic hydroxyl groups is 1. The fourth-order valence-corrected chi connectivity index (χ4v) is 3.33. The Labute approximate surface area is 172 Å². The fourth-order valence-electron chi connectivity index (χ4n) is 3.20. The topological polar surface area (TPSA) is 101 Å². The van der Waals surface area contributed by atoms with E-state index in [4.69, 9.17) is 26.3 Å². The normalized spacial score (nSPS) is 10.9. The Kier molecular flexibility index (Phi) is 6.53. The number of ether oxygens (including phenoxy) is 1. The molecule has 0 radical (unpaired) electrons. The Morgan fingerprint density at radius 2 is 1.90 bits per heavy atom. The maximum atomic E-state index is 13.3. The first-order valence-electron chi connectivity index (χ1n) is 8.96. The van der Waals surface area contributed by atoms with Gasteiger partial charge in [-0.15, -0.1) is 0 Å². The van der Waals surface area contributed by atoms with Crippen LogP contribution in [0.25, 0.3) is 10.9 Å². The van der Waals surface area contributed by atoms with Crippen molar-refractivity contribution in [2.45, 2.75) is 13.3 Å². The van der Waals surface area contributed by atoms with Crippen molar-refractivity contribution in [2.24, 2.45) is 0 Å². The molecule has 0 unspecified atom stereocenters. The van der Waals surface area contributed by atoms with Crippen LogP contribution < -0.4 is 10.2 Å². The molecule has 7 nitrogen and oxygen atoms in total. The summed E-state index contributed by atoms with van der Waals surface area (Å²) in [6, 6.07) is 10.1. The summed E-state index contributed by atoms with van der Waals surface area (Å²) < 4.78 is 5.45. The monoisotopic (exact) mass is 416 g/mol. The summed E-state index contributed by atoms with van der Waals surface area (Å²) in [7, 11) is 1.49. The Morgan fingerprint density at radius 3 is 2.55 bits per heavy atom. The number of aromatic amines is 1. The molecule has 1 amide bonds. The number of aliphatic hydroxyl groups excluding tert-OH is 1. The van der Waals surface area contributed by atoms with Crippen LogP contribution in [0.15, 0.2) is 36.4 Å². The number of methoxy groups -OCH3 is 1. The minimum Gasteiger partial charge on any atom is -0.496 e. The van der Waals surface area contributed by atoms with Gasteiger partial charge >= 0.3 is 0 Å². The van der Waals surface area contributed by atoms with Gasteiger partial charge in [0.25, 0.3) is 0 Å². The zero-order valence-corrected chi connectivity index (χ0v) is 16.8. The molecular weight excluding hydrogens is 396 g/mol. The van der Waals surface area contributed by atoms with Gasteiger partial charge in [-0.25, -0.2) is 5.48 Å². The second-order valence-corrected chi connectivity index (χ2v) is 6.84. The summed E-state index contributed by atoms with van der Waals surface area (Å²) in [5.74, 6) is -0.217. The third-order valence-corrected chi connectivity index (χ3v) is 4.77. The third-order valence-electron chi connectivity index (χ3n) is 4.51. The van der Waals surface area contributed by atoms with Crippen LogP contribution in [0.5, 0.6) is 5.75 Å². The summed E-state index contributed by atoms with van der Waals surface area (Å²) in [5, 5.41) is 9.92. The molecule has 2 aromatic carbocycles. The number of carbonyl (C=O) groups is 2. The standard InChI is InChI=1S/C21H21ClN2O5/c1-12-15(11-18(26)24-29-10-9-25)19-16(23-12)7-8-17(28-2)20(19)21(27)13-3-5-14(22)6-4-13/h3-8,23,25H,9-11H2,1-2H3,(H,24,26). The lowest BCUT2D eigenvalue weighted by Gasteiger charge is -2.12. The van der Waals surface area contributed by atoms with E-state index in [9.17, 15) is 9.59 Å². The van der Waals surface area contributed by atoms with Crippen LogP contribution in [0.1, 0.15) is 27.2 Å². The highest BCUT2D eigenvalue weighted by Crippen LogP contribution is 2.34. The summed E-state index contributed by atoms with van der Waals surface area (Å²) in [6.07, 6.45) is -0.00860. The molecule has 0 spiro atoms. The van der Waals surface area contributed by atoms with Crippen molar-refractivity contribution in [3.05, 3.63) is 63.8 Å². The Balaban J connectivity index is 2.09. The number of nitrogens with one attached hydrogen (secondary N) is 2. The van der Waals surface area contributed by atoms with Crippen LogP contribution in [0.4, 0.5) is 0 Å². The van der Waals surface area contributed by atoms with Crippen LogP contribution in [0, 0.1) is 6.92 Å². The van der Waals surface area contributed by atoms with Crippen LogP contribution in [0.2, 0.25) is 5.02 Å². The van der Waals surface area contributed by atoms with Crippen molar-refractivity contribution in [1.82, 2.24) is 10.5 Å². The SMILES string of the molecule is COc1ccc2[nH]c(C)c(CC(=O)NOCCO)c2c1C(=O)c1ccc(Cl)cc1. The number of hydroxylamine groups is 1. The Hall–Kier alpha value is -2.87.